The van der Waals surface area contributed by atoms with Crippen LogP contribution in [0.3, 0.4) is 0 Å². The van der Waals surface area contributed by atoms with Gasteiger partial charge in [-0.2, -0.15) is 9.78 Å². The van der Waals surface area contributed by atoms with E-state index in [-0.39, 0.29) is 12.2 Å². The van der Waals surface area contributed by atoms with Crippen LogP contribution in [0.1, 0.15) is 35.5 Å². The Kier molecular flexibility index (Phi) is 6.69. The molecule has 8 nitrogen and oxygen atoms in total. The first-order valence-electron chi connectivity index (χ1n) is 10.1. The van der Waals surface area contributed by atoms with Crippen molar-refractivity contribution in [2.75, 3.05) is 20.2 Å². The molecule has 0 unspecified atom stereocenters. The number of nitrogens with zero attached hydrogens (tertiary/aromatic N) is 4. The van der Waals surface area contributed by atoms with E-state index in [1.807, 2.05) is 32.9 Å². The molecule has 0 aliphatic rings. The van der Waals surface area contributed by atoms with Crippen molar-refractivity contribution in [2.24, 2.45) is 0 Å². The number of aromatic nitrogens is 3. The number of carbonyl (C=O) groups is 1. The van der Waals surface area contributed by atoms with Gasteiger partial charge in [-0.05, 0) is 50.6 Å². The molecule has 1 aromatic heterocycles. The monoisotopic (exact) mass is 422 g/mol. The van der Waals surface area contributed by atoms with Crippen LogP contribution in [0.4, 0.5) is 0 Å². The molecular weight excluding hydrogens is 396 g/mol. The summed E-state index contributed by atoms with van der Waals surface area (Å²) in [5, 5.41) is 4.18. The minimum absolute atomic E-state index is 0.0121. The lowest BCUT2D eigenvalue weighted by atomic mass is 10.2. The quantitative estimate of drug-likeness (QED) is 0.583. The van der Waals surface area contributed by atoms with Gasteiger partial charge in [0, 0.05) is 13.1 Å². The number of ether oxygens (including phenoxy) is 1. The Bertz CT molecular complexity index is 1190. The van der Waals surface area contributed by atoms with Crippen LogP contribution in [0, 0.1) is 6.92 Å². The first-order chi connectivity index (χ1) is 14.9. The van der Waals surface area contributed by atoms with E-state index < -0.39 is 17.2 Å². The predicted molar refractivity (Wildman–Crippen MR) is 118 cm³/mol. The highest BCUT2D eigenvalue weighted by Crippen LogP contribution is 2.13. The van der Waals surface area contributed by atoms with E-state index in [1.165, 1.54) is 4.90 Å². The summed E-state index contributed by atoms with van der Waals surface area (Å²) in [7, 11) is 1.54. The van der Waals surface area contributed by atoms with Gasteiger partial charge in [0.15, 0.2) is 0 Å². The summed E-state index contributed by atoms with van der Waals surface area (Å²) >= 11 is 0. The summed E-state index contributed by atoms with van der Waals surface area (Å²) in [5.74, 6) is 0.105. The largest absolute Gasteiger partial charge is 0.497 e. The summed E-state index contributed by atoms with van der Waals surface area (Å²) in [4.78, 5) is 40.9. The molecule has 2 aromatic carbocycles. The van der Waals surface area contributed by atoms with Gasteiger partial charge in [0.1, 0.15) is 5.75 Å². The zero-order valence-corrected chi connectivity index (χ0v) is 18.2. The lowest BCUT2D eigenvalue weighted by Gasteiger charge is -2.19. The molecule has 0 fully saturated rings. The zero-order valence-electron chi connectivity index (χ0n) is 18.2. The average molecular weight is 422 g/mol. The van der Waals surface area contributed by atoms with E-state index in [0.29, 0.717) is 30.1 Å². The molecule has 1 heterocycles. The van der Waals surface area contributed by atoms with Crippen LogP contribution in [0.25, 0.3) is 5.69 Å². The minimum Gasteiger partial charge on any atom is -0.497 e. The van der Waals surface area contributed by atoms with Crippen LogP contribution in [0.15, 0.2) is 58.1 Å². The Morgan fingerprint density at radius 1 is 1.06 bits per heavy atom. The normalized spacial score (nSPS) is 10.7. The van der Waals surface area contributed by atoms with Crippen molar-refractivity contribution in [3.05, 3.63) is 86.2 Å². The molecule has 0 N–H and O–H groups in total. The third-order valence-electron chi connectivity index (χ3n) is 5.07. The number of rotatable bonds is 7. The van der Waals surface area contributed by atoms with E-state index in [9.17, 15) is 14.4 Å². The van der Waals surface area contributed by atoms with E-state index >= 15 is 0 Å². The Morgan fingerprint density at radius 3 is 2.35 bits per heavy atom. The fourth-order valence-electron chi connectivity index (χ4n) is 3.26. The van der Waals surface area contributed by atoms with Crippen molar-refractivity contribution in [1.82, 2.24) is 19.2 Å². The number of aryl methyl sites for hydroxylation is 1. The molecule has 0 radical (unpaired) electrons. The minimum atomic E-state index is -0.715. The fourth-order valence-corrected chi connectivity index (χ4v) is 3.26. The van der Waals surface area contributed by atoms with Crippen LogP contribution in [0.2, 0.25) is 0 Å². The highest BCUT2D eigenvalue weighted by Gasteiger charge is 2.23. The lowest BCUT2D eigenvalue weighted by Crippen LogP contribution is -2.46. The van der Waals surface area contributed by atoms with E-state index in [4.69, 9.17) is 4.74 Å². The number of amides is 1. The molecule has 0 spiro atoms. The van der Waals surface area contributed by atoms with E-state index in [2.05, 4.69) is 5.10 Å². The maximum absolute atomic E-state index is 13.2. The Hall–Kier alpha value is -3.68. The van der Waals surface area contributed by atoms with Crippen molar-refractivity contribution < 1.29 is 9.53 Å². The van der Waals surface area contributed by atoms with Crippen LogP contribution in [-0.4, -0.2) is 45.4 Å². The van der Waals surface area contributed by atoms with Gasteiger partial charge >= 0.3 is 5.69 Å². The molecule has 8 heteroatoms. The third kappa shape index (κ3) is 4.58. The van der Waals surface area contributed by atoms with Crippen LogP contribution in [0.5, 0.6) is 5.75 Å². The molecule has 3 aromatic rings. The Morgan fingerprint density at radius 2 is 1.74 bits per heavy atom. The molecule has 31 heavy (non-hydrogen) atoms. The Labute approximate surface area is 180 Å². The van der Waals surface area contributed by atoms with Gasteiger partial charge in [0.2, 0.25) is 5.69 Å². The SMILES string of the molecule is CCN(CC)C(=O)c1nn(-c2ccc(C)cc2)c(=O)n(Cc2cccc(OC)c2)c1=O. The summed E-state index contributed by atoms with van der Waals surface area (Å²) in [6.45, 7) is 6.42. The summed E-state index contributed by atoms with van der Waals surface area (Å²) in [6.07, 6.45) is 0. The number of carbonyl (C=O) groups excluding carboxylic acids is 1. The maximum Gasteiger partial charge on any atom is 0.352 e. The molecule has 0 bridgehead atoms. The fraction of sp³-hybridized carbons (Fsp3) is 0.304. The molecule has 0 aliphatic heterocycles. The molecular formula is C23H26N4O4. The number of hydrogen-bond acceptors (Lipinski definition) is 5. The van der Waals surface area contributed by atoms with Crippen molar-refractivity contribution in [2.45, 2.75) is 27.3 Å². The topological polar surface area (TPSA) is 86.4 Å². The molecule has 1 amide bonds. The summed E-state index contributed by atoms with van der Waals surface area (Å²) < 4.78 is 7.38. The second-order valence-corrected chi connectivity index (χ2v) is 7.10. The smallest absolute Gasteiger partial charge is 0.352 e. The van der Waals surface area contributed by atoms with Crippen LogP contribution in [-0.2, 0) is 6.54 Å². The average Bonchev–Trinajstić information content (AvgIpc) is 2.78. The van der Waals surface area contributed by atoms with Gasteiger partial charge in [0.05, 0.1) is 19.3 Å². The standard InChI is InChI=1S/C23H26N4O4/c1-5-25(6-2)21(28)20-22(29)26(15-17-8-7-9-19(14-17)31-4)23(30)27(24-20)18-12-10-16(3)11-13-18/h7-14H,5-6,15H2,1-4H3. The van der Waals surface area contributed by atoms with E-state index in [1.54, 1.807) is 43.5 Å². The van der Waals surface area contributed by atoms with Gasteiger partial charge in [-0.1, -0.05) is 29.8 Å². The first kappa shape index (κ1) is 22.0. The molecule has 0 atom stereocenters. The van der Waals surface area contributed by atoms with Crippen molar-refractivity contribution in [3.63, 3.8) is 0 Å². The number of methoxy groups -OCH3 is 1. The molecule has 0 aliphatic carbocycles. The van der Waals surface area contributed by atoms with Gasteiger partial charge in [-0.3, -0.25) is 14.2 Å². The summed E-state index contributed by atoms with van der Waals surface area (Å²) in [5.41, 5.74) is 0.568. The Balaban J connectivity index is 2.22. The van der Waals surface area contributed by atoms with E-state index in [0.717, 1.165) is 14.8 Å². The predicted octanol–water partition coefficient (Wildman–Crippen LogP) is 2.24. The third-order valence-corrected chi connectivity index (χ3v) is 5.07. The maximum atomic E-state index is 13.2. The van der Waals surface area contributed by atoms with Crippen molar-refractivity contribution in [3.8, 4) is 11.4 Å². The van der Waals surface area contributed by atoms with Crippen molar-refractivity contribution >= 4 is 5.91 Å². The van der Waals surface area contributed by atoms with Gasteiger partial charge < -0.3 is 9.64 Å². The highest BCUT2D eigenvalue weighted by molar-refractivity contribution is 5.91. The zero-order chi connectivity index (χ0) is 22.5. The van der Waals surface area contributed by atoms with Crippen LogP contribution < -0.4 is 16.0 Å². The van der Waals surface area contributed by atoms with Crippen LogP contribution >= 0.6 is 0 Å². The summed E-state index contributed by atoms with van der Waals surface area (Å²) in [6, 6.07) is 14.2. The molecule has 3 rings (SSSR count). The molecule has 0 saturated heterocycles. The van der Waals surface area contributed by atoms with Gasteiger partial charge in [-0.25, -0.2) is 4.79 Å². The first-order valence-corrected chi connectivity index (χ1v) is 10.1. The van der Waals surface area contributed by atoms with Crippen molar-refractivity contribution in [1.29, 1.82) is 0 Å². The second kappa shape index (κ2) is 9.42. The molecule has 162 valence electrons. The lowest BCUT2D eigenvalue weighted by molar-refractivity contribution is 0.0761. The molecule has 0 saturated carbocycles. The van der Waals surface area contributed by atoms with Gasteiger partial charge in [0.25, 0.3) is 11.5 Å². The number of benzene rings is 2. The van der Waals surface area contributed by atoms with Gasteiger partial charge in [-0.15, -0.1) is 0 Å². The second-order valence-electron chi connectivity index (χ2n) is 7.10. The number of hydrogen-bond donors (Lipinski definition) is 0. The highest BCUT2D eigenvalue weighted by atomic mass is 16.5.